The minimum Gasteiger partial charge on any atom is -0.507 e. The van der Waals surface area contributed by atoms with Gasteiger partial charge in [-0.2, -0.15) is 0 Å². The first kappa shape index (κ1) is 13.6. The van der Waals surface area contributed by atoms with Gasteiger partial charge in [-0.3, -0.25) is 0 Å². The number of carbonyl (C=O) groups is 1. The lowest BCUT2D eigenvalue weighted by molar-refractivity contribution is 0.0693. The Balaban J connectivity index is 0.000000184. The van der Waals surface area contributed by atoms with E-state index < -0.39 is 5.97 Å². The molecule has 0 radical (unpaired) electrons. The number of aromatic hydroxyl groups is 2. The molecule has 0 bridgehead atoms. The number of aryl methyl sites for hydroxylation is 1. The molecule has 0 spiro atoms. The van der Waals surface area contributed by atoms with E-state index in [0.29, 0.717) is 0 Å². The summed E-state index contributed by atoms with van der Waals surface area (Å²) in [4.78, 5) is 16.8. The molecule has 1 aromatic heterocycles. The second-order valence-electron chi connectivity index (χ2n) is 3.39. The number of rotatable bonds is 2. The summed E-state index contributed by atoms with van der Waals surface area (Å²) in [6, 6.07) is 5.81. The molecule has 0 saturated heterocycles. The second-order valence-corrected chi connectivity index (χ2v) is 3.39. The van der Waals surface area contributed by atoms with Crippen molar-refractivity contribution in [1.29, 1.82) is 0 Å². The van der Waals surface area contributed by atoms with Crippen molar-refractivity contribution in [3.63, 3.8) is 0 Å². The van der Waals surface area contributed by atoms with Gasteiger partial charge in [0.15, 0.2) is 0 Å². The molecule has 96 valence electrons. The predicted octanol–water partition coefficient (Wildman–Crippen LogP) is 1.77. The Hall–Kier alpha value is -2.50. The molecule has 0 fully saturated rings. The topological polar surface area (TPSA) is 106 Å². The Labute approximate surface area is 104 Å². The highest BCUT2D eigenvalue weighted by Crippen LogP contribution is 2.14. The van der Waals surface area contributed by atoms with E-state index >= 15 is 0 Å². The quantitative estimate of drug-likeness (QED) is 0.649. The van der Waals surface area contributed by atoms with Crippen molar-refractivity contribution >= 4 is 5.97 Å². The Bertz CT molecular complexity index is 522. The summed E-state index contributed by atoms with van der Waals surface area (Å²) >= 11 is 0. The van der Waals surface area contributed by atoms with E-state index in [1.807, 2.05) is 6.92 Å². The van der Waals surface area contributed by atoms with Crippen LogP contribution >= 0.6 is 0 Å². The number of aromatic amines is 1. The summed E-state index contributed by atoms with van der Waals surface area (Å²) in [5.41, 5.74) is -0.0671. The molecule has 0 aliphatic carbocycles. The number of carboxylic acids is 1. The van der Waals surface area contributed by atoms with Gasteiger partial charge in [-0.15, -0.1) is 0 Å². The fourth-order valence-corrected chi connectivity index (χ4v) is 1.19. The van der Waals surface area contributed by atoms with Crippen LogP contribution < -0.4 is 0 Å². The molecule has 0 aliphatic rings. The van der Waals surface area contributed by atoms with Crippen LogP contribution in [0.3, 0.4) is 0 Å². The highest BCUT2D eigenvalue weighted by Gasteiger charge is 2.05. The van der Waals surface area contributed by atoms with Crippen molar-refractivity contribution < 1.29 is 20.1 Å². The zero-order chi connectivity index (χ0) is 13.5. The summed E-state index contributed by atoms with van der Waals surface area (Å²) in [5, 5.41) is 26.0. The number of carboxylic acid groups (broad SMARTS) is 1. The Kier molecular flexibility index (Phi) is 4.74. The van der Waals surface area contributed by atoms with Gasteiger partial charge in [-0.25, -0.2) is 9.78 Å². The SMILES string of the molecule is CCc1ncc(O)[nH]1.O=C(O)c1ccccc1O. The third-order valence-electron chi connectivity index (χ3n) is 2.08. The Morgan fingerprint density at radius 3 is 2.33 bits per heavy atom. The lowest BCUT2D eigenvalue weighted by Crippen LogP contribution is -1.95. The van der Waals surface area contributed by atoms with Crippen LogP contribution in [0.5, 0.6) is 11.6 Å². The van der Waals surface area contributed by atoms with E-state index in [4.69, 9.17) is 15.3 Å². The van der Waals surface area contributed by atoms with Crippen LogP contribution in [0.15, 0.2) is 30.5 Å². The Morgan fingerprint density at radius 2 is 2.00 bits per heavy atom. The number of hydrogen-bond donors (Lipinski definition) is 4. The van der Waals surface area contributed by atoms with Crippen molar-refractivity contribution in [3.8, 4) is 11.6 Å². The number of phenols is 1. The van der Waals surface area contributed by atoms with E-state index in [2.05, 4.69) is 9.97 Å². The van der Waals surface area contributed by atoms with Crippen LogP contribution in [-0.2, 0) is 6.42 Å². The summed E-state index contributed by atoms with van der Waals surface area (Å²) in [5.74, 6) is -0.350. The lowest BCUT2D eigenvalue weighted by Gasteiger charge is -1.95. The maximum atomic E-state index is 10.3. The van der Waals surface area contributed by atoms with Crippen LogP contribution in [0.2, 0.25) is 0 Å². The maximum absolute atomic E-state index is 10.3. The van der Waals surface area contributed by atoms with Crippen molar-refractivity contribution in [2.24, 2.45) is 0 Å². The minimum atomic E-state index is -1.11. The van der Waals surface area contributed by atoms with Crippen LogP contribution in [-0.4, -0.2) is 31.3 Å². The first-order valence-corrected chi connectivity index (χ1v) is 5.28. The van der Waals surface area contributed by atoms with E-state index in [-0.39, 0.29) is 17.2 Å². The third-order valence-corrected chi connectivity index (χ3v) is 2.08. The zero-order valence-corrected chi connectivity index (χ0v) is 9.79. The largest absolute Gasteiger partial charge is 0.507 e. The fraction of sp³-hybridized carbons (Fsp3) is 0.167. The number of benzene rings is 1. The van der Waals surface area contributed by atoms with Crippen molar-refractivity contribution in [3.05, 3.63) is 41.9 Å². The van der Waals surface area contributed by atoms with E-state index in [1.54, 1.807) is 12.1 Å². The number of hydrogen-bond acceptors (Lipinski definition) is 4. The number of nitrogens with one attached hydrogen (secondary N) is 1. The third kappa shape index (κ3) is 3.82. The molecule has 2 aromatic rings. The van der Waals surface area contributed by atoms with E-state index in [9.17, 15) is 4.79 Å². The van der Waals surface area contributed by atoms with Crippen LogP contribution in [0.25, 0.3) is 0 Å². The smallest absolute Gasteiger partial charge is 0.339 e. The van der Waals surface area contributed by atoms with Gasteiger partial charge in [0, 0.05) is 6.42 Å². The van der Waals surface area contributed by atoms with Crippen molar-refractivity contribution in [2.45, 2.75) is 13.3 Å². The van der Waals surface area contributed by atoms with Crippen molar-refractivity contribution in [2.75, 3.05) is 0 Å². The molecule has 0 aliphatic heterocycles. The number of nitrogens with zero attached hydrogens (tertiary/aromatic N) is 1. The molecular weight excluding hydrogens is 236 g/mol. The zero-order valence-electron chi connectivity index (χ0n) is 9.79. The summed E-state index contributed by atoms with van der Waals surface area (Å²) < 4.78 is 0. The normalized spacial score (nSPS) is 9.39. The number of aromatic carboxylic acids is 1. The summed E-state index contributed by atoms with van der Waals surface area (Å²) in [7, 11) is 0. The highest BCUT2D eigenvalue weighted by atomic mass is 16.4. The van der Waals surface area contributed by atoms with Crippen LogP contribution in [0.1, 0.15) is 23.1 Å². The van der Waals surface area contributed by atoms with Gasteiger partial charge >= 0.3 is 5.97 Å². The van der Waals surface area contributed by atoms with Gasteiger partial charge in [0.05, 0.1) is 6.20 Å². The van der Waals surface area contributed by atoms with Gasteiger partial charge in [-0.05, 0) is 12.1 Å². The van der Waals surface area contributed by atoms with Gasteiger partial charge in [0.25, 0.3) is 0 Å². The molecule has 4 N–H and O–H groups in total. The van der Waals surface area contributed by atoms with Crippen LogP contribution in [0, 0.1) is 0 Å². The number of H-pyrrole nitrogens is 1. The highest BCUT2D eigenvalue weighted by molar-refractivity contribution is 5.90. The number of aromatic nitrogens is 2. The monoisotopic (exact) mass is 250 g/mol. The second kappa shape index (κ2) is 6.29. The molecule has 1 aromatic carbocycles. The average molecular weight is 250 g/mol. The first-order valence-electron chi connectivity index (χ1n) is 5.28. The summed E-state index contributed by atoms with van der Waals surface area (Å²) in [6.07, 6.45) is 2.24. The van der Waals surface area contributed by atoms with Crippen molar-refractivity contribution in [1.82, 2.24) is 9.97 Å². The minimum absolute atomic E-state index is 0.0671. The molecule has 18 heavy (non-hydrogen) atoms. The van der Waals surface area contributed by atoms with E-state index in [0.717, 1.165) is 12.2 Å². The summed E-state index contributed by atoms with van der Waals surface area (Å²) in [6.45, 7) is 1.97. The number of imidazole rings is 1. The van der Waals surface area contributed by atoms with Gasteiger partial charge < -0.3 is 20.3 Å². The number of para-hydroxylation sites is 1. The lowest BCUT2D eigenvalue weighted by atomic mass is 10.2. The average Bonchev–Trinajstić information content (AvgIpc) is 2.76. The fourth-order valence-electron chi connectivity index (χ4n) is 1.19. The predicted molar refractivity (Wildman–Crippen MR) is 64.7 cm³/mol. The molecule has 0 saturated carbocycles. The standard InChI is InChI=1S/C7H6O3.C5H8N2O/c8-6-4-2-1-3-5(6)7(9)10;1-2-4-6-3-5(8)7-4/h1-4,8H,(H,9,10);3,8H,2H2,1H3,(H,6,7). The van der Waals surface area contributed by atoms with Gasteiger partial charge in [-0.1, -0.05) is 19.1 Å². The molecule has 6 heteroatoms. The van der Waals surface area contributed by atoms with Gasteiger partial charge in [0.1, 0.15) is 17.1 Å². The van der Waals surface area contributed by atoms with Crippen LogP contribution in [0.4, 0.5) is 0 Å². The molecule has 6 nitrogen and oxygen atoms in total. The molecule has 0 atom stereocenters. The first-order chi connectivity index (χ1) is 8.54. The maximum Gasteiger partial charge on any atom is 0.339 e. The molecule has 0 amide bonds. The van der Waals surface area contributed by atoms with Gasteiger partial charge in [0.2, 0.25) is 5.88 Å². The molecular formula is C12H14N2O4. The molecule has 2 rings (SSSR count). The molecule has 1 heterocycles. The Morgan fingerprint density at radius 1 is 1.33 bits per heavy atom. The van der Waals surface area contributed by atoms with E-state index in [1.165, 1.54) is 18.3 Å². The molecule has 0 unspecified atom stereocenters.